The minimum absolute atomic E-state index is 0.132. The molecule has 106 valence electrons. The quantitative estimate of drug-likeness (QED) is 0.893. The molecule has 0 aromatic heterocycles. The van der Waals surface area contributed by atoms with E-state index in [0.29, 0.717) is 12.2 Å². The smallest absolute Gasteiger partial charge is 0.345 e. The molecule has 1 N–H and O–H groups in total. The van der Waals surface area contributed by atoms with Crippen LogP contribution < -0.4 is 9.64 Å². The molecule has 1 amide bonds. The Labute approximate surface area is 117 Å². The van der Waals surface area contributed by atoms with Crippen LogP contribution in [0.25, 0.3) is 0 Å². The molecule has 1 aromatic rings. The summed E-state index contributed by atoms with van der Waals surface area (Å²) < 4.78 is 5.54. The van der Waals surface area contributed by atoms with Crippen molar-refractivity contribution in [2.75, 3.05) is 11.4 Å². The van der Waals surface area contributed by atoms with Gasteiger partial charge in [-0.2, -0.15) is 0 Å². The molecule has 0 bridgehead atoms. The van der Waals surface area contributed by atoms with Crippen molar-refractivity contribution >= 4 is 17.6 Å². The van der Waals surface area contributed by atoms with Crippen LogP contribution in [0.15, 0.2) is 24.3 Å². The Kier molecular flexibility index (Phi) is 3.34. The van der Waals surface area contributed by atoms with E-state index >= 15 is 0 Å². The van der Waals surface area contributed by atoms with Gasteiger partial charge in [0.05, 0.1) is 0 Å². The first kappa shape index (κ1) is 13.0. The molecule has 0 spiro atoms. The average Bonchev–Trinajstić information content (AvgIpc) is 3.18. The average molecular weight is 275 g/mol. The molecule has 1 aliphatic heterocycles. The summed E-state index contributed by atoms with van der Waals surface area (Å²) in [7, 11) is 0. The molecule has 1 heterocycles. The van der Waals surface area contributed by atoms with Crippen molar-refractivity contribution < 1.29 is 19.4 Å². The SMILES string of the molecule is O=C(O)C(Oc1ccc(N2CCCC2=O)cc1)C1CC1. The van der Waals surface area contributed by atoms with Gasteiger partial charge in [0.15, 0.2) is 6.10 Å². The lowest BCUT2D eigenvalue weighted by Crippen LogP contribution is -2.29. The molecular weight excluding hydrogens is 258 g/mol. The van der Waals surface area contributed by atoms with Gasteiger partial charge >= 0.3 is 5.97 Å². The predicted octanol–water partition coefficient (Wildman–Crippen LogP) is 2.06. The topological polar surface area (TPSA) is 66.8 Å². The van der Waals surface area contributed by atoms with Crippen LogP contribution in [-0.4, -0.2) is 29.6 Å². The summed E-state index contributed by atoms with van der Waals surface area (Å²) in [5, 5.41) is 9.13. The Morgan fingerprint density at radius 3 is 2.50 bits per heavy atom. The molecule has 0 radical (unpaired) electrons. The van der Waals surface area contributed by atoms with Crippen molar-refractivity contribution in [1.82, 2.24) is 0 Å². The zero-order chi connectivity index (χ0) is 14.1. The van der Waals surface area contributed by atoms with Gasteiger partial charge in [-0.05, 0) is 43.5 Å². The fourth-order valence-electron chi connectivity index (χ4n) is 2.52. The number of amides is 1. The van der Waals surface area contributed by atoms with Crippen molar-refractivity contribution in [2.45, 2.75) is 31.8 Å². The van der Waals surface area contributed by atoms with Gasteiger partial charge in [-0.25, -0.2) is 4.79 Å². The van der Waals surface area contributed by atoms with Crippen molar-refractivity contribution in [3.8, 4) is 5.75 Å². The number of hydrogen-bond acceptors (Lipinski definition) is 3. The van der Waals surface area contributed by atoms with Gasteiger partial charge in [0.25, 0.3) is 0 Å². The highest BCUT2D eigenvalue weighted by Crippen LogP contribution is 2.35. The third kappa shape index (κ3) is 2.61. The van der Waals surface area contributed by atoms with Crippen molar-refractivity contribution in [2.24, 2.45) is 5.92 Å². The van der Waals surface area contributed by atoms with E-state index in [1.807, 2.05) is 12.1 Å². The highest BCUT2D eigenvalue weighted by atomic mass is 16.5. The maximum atomic E-state index is 11.6. The van der Waals surface area contributed by atoms with Gasteiger partial charge in [-0.1, -0.05) is 0 Å². The molecule has 1 aliphatic carbocycles. The third-order valence-electron chi connectivity index (χ3n) is 3.78. The van der Waals surface area contributed by atoms with Gasteiger partial charge in [-0.15, -0.1) is 0 Å². The molecule has 1 unspecified atom stereocenters. The van der Waals surface area contributed by atoms with Crippen molar-refractivity contribution in [3.63, 3.8) is 0 Å². The number of benzene rings is 1. The molecule has 1 atom stereocenters. The number of carbonyl (C=O) groups is 2. The van der Waals surface area contributed by atoms with E-state index in [-0.39, 0.29) is 11.8 Å². The van der Waals surface area contributed by atoms with Crippen LogP contribution in [0.4, 0.5) is 5.69 Å². The molecule has 1 saturated carbocycles. The first-order chi connectivity index (χ1) is 9.65. The molecule has 1 saturated heterocycles. The van der Waals surface area contributed by atoms with Gasteiger partial charge < -0.3 is 14.7 Å². The number of anilines is 1. The minimum atomic E-state index is -0.911. The minimum Gasteiger partial charge on any atom is -0.478 e. The lowest BCUT2D eigenvalue weighted by molar-refractivity contribution is -0.146. The lowest BCUT2D eigenvalue weighted by atomic mass is 10.2. The summed E-state index contributed by atoms with van der Waals surface area (Å²) in [4.78, 5) is 24.5. The molecule has 2 aliphatic rings. The number of carbonyl (C=O) groups excluding carboxylic acids is 1. The fraction of sp³-hybridized carbons (Fsp3) is 0.467. The monoisotopic (exact) mass is 275 g/mol. The number of hydrogen-bond donors (Lipinski definition) is 1. The summed E-state index contributed by atoms with van der Waals surface area (Å²) in [5.74, 6) is -0.0987. The van der Waals surface area contributed by atoms with E-state index in [1.165, 1.54) is 0 Å². The molecule has 5 heteroatoms. The Balaban J connectivity index is 1.69. The zero-order valence-corrected chi connectivity index (χ0v) is 11.1. The van der Waals surface area contributed by atoms with Gasteiger partial charge in [-0.3, -0.25) is 4.79 Å². The second-order valence-electron chi connectivity index (χ2n) is 5.36. The first-order valence-electron chi connectivity index (χ1n) is 6.95. The first-order valence-corrected chi connectivity index (χ1v) is 6.95. The lowest BCUT2D eigenvalue weighted by Gasteiger charge is -2.18. The molecule has 3 rings (SSSR count). The zero-order valence-electron chi connectivity index (χ0n) is 11.1. The van der Waals surface area contributed by atoms with E-state index in [2.05, 4.69) is 0 Å². The fourth-order valence-corrected chi connectivity index (χ4v) is 2.52. The largest absolute Gasteiger partial charge is 0.478 e. The van der Waals surface area contributed by atoms with E-state index < -0.39 is 12.1 Å². The van der Waals surface area contributed by atoms with Crippen molar-refractivity contribution in [3.05, 3.63) is 24.3 Å². The standard InChI is InChI=1S/C15H17NO4/c17-13-2-1-9-16(13)11-5-7-12(8-6-11)20-14(15(18)19)10-3-4-10/h5-8,10,14H,1-4,9H2,(H,18,19). The molecule has 1 aromatic carbocycles. The van der Waals surface area contributed by atoms with E-state index in [1.54, 1.807) is 17.0 Å². The maximum absolute atomic E-state index is 11.6. The summed E-state index contributed by atoms with van der Waals surface area (Å²) >= 11 is 0. The molecule has 2 fully saturated rings. The number of aliphatic carboxylic acids is 1. The Hall–Kier alpha value is -2.04. The summed E-state index contributed by atoms with van der Waals surface area (Å²) in [6, 6.07) is 7.09. The van der Waals surface area contributed by atoms with Crippen LogP contribution in [-0.2, 0) is 9.59 Å². The Morgan fingerprint density at radius 1 is 1.30 bits per heavy atom. The number of rotatable bonds is 5. The molecule has 20 heavy (non-hydrogen) atoms. The van der Waals surface area contributed by atoms with Gasteiger partial charge in [0.2, 0.25) is 5.91 Å². The summed E-state index contributed by atoms with van der Waals surface area (Å²) in [6.07, 6.45) is 2.56. The predicted molar refractivity (Wildman–Crippen MR) is 72.8 cm³/mol. The van der Waals surface area contributed by atoms with Crippen LogP contribution >= 0.6 is 0 Å². The van der Waals surface area contributed by atoms with Crippen molar-refractivity contribution in [1.29, 1.82) is 0 Å². The number of ether oxygens (including phenoxy) is 1. The van der Waals surface area contributed by atoms with Crippen LogP contribution in [0, 0.1) is 5.92 Å². The second kappa shape index (κ2) is 5.15. The second-order valence-corrected chi connectivity index (χ2v) is 5.36. The van der Waals surface area contributed by atoms with Gasteiger partial charge in [0.1, 0.15) is 5.75 Å². The number of carboxylic acid groups (broad SMARTS) is 1. The van der Waals surface area contributed by atoms with Crippen LogP contribution in [0.2, 0.25) is 0 Å². The Bertz CT molecular complexity index is 521. The van der Waals surface area contributed by atoms with Crippen LogP contribution in [0.5, 0.6) is 5.75 Å². The Morgan fingerprint density at radius 2 is 2.00 bits per heavy atom. The number of carboxylic acids is 1. The van der Waals surface area contributed by atoms with Crippen LogP contribution in [0.3, 0.4) is 0 Å². The normalized spacial score (nSPS) is 20.0. The van der Waals surface area contributed by atoms with Gasteiger partial charge in [0, 0.05) is 24.6 Å². The highest BCUT2D eigenvalue weighted by Gasteiger charge is 2.38. The third-order valence-corrected chi connectivity index (χ3v) is 3.78. The highest BCUT2D eigenvalue weighted by molar-refractivity contribution is 5.95. The van der Waals surface area contributed by atoms with Crippen LogP contribution in [0.1, 0.15) is 25.7 Å². The van der Waals surface area contributed by atoms with E-state index in [9.17, 15) is 9.59 Å². The molecular formula is C15H17NO4. The van der Waals surface area contributed by atoms with E-state index in [4.69, 9.17) is 9.84 Å². The summed E-state index contributed by atoms with van der Waals surface area (Å²) in [6.45, 7) is 0.749. The molecule has 5 nitrogen and oxygen atoms in total. The maximum Gasteiger partial charge on any atom is 0.345 e. The summed E-state index contributed by atoms with van der Waals surface area (Å²) in [5.41, 5.74) is 0.846. The number of nitrogens with zero attached hydrogens (tertiary/aromatic N) is 1. The van der Waals surface area contributed by atoms with E-state index in [0.717, 1.165) is 31.5 Å².